The van der Waals surface area contributed by atoms with E-state index in [4.69, 9.17) is 22.1 Å². The highest BCUT2D eigenvalue weighted by Crippen LogP contribution is 2.26. The van der Waals surface area contributed by atoms with Gasteiger partial charge in [0, 0.05) is 30.2 Å². The number of nitrogens with two attached hydrogens (primary N) is 1. The van der Waals surface area contributed by atoms with Gasteiger partial charge in [0.05, 0.1) is 12.7 Å². The molecule has 3 nitrogen and oxygen atoms in total. The summed E-state index contributed by atoms with van der Waals surface area (Å²) in [6.07, 6.45) is 0.266. The molecule has 0 amide bonds. The normalized spacial score (nSPS) is 27.1. The fraction of sp³-hybridized carbons (Fsp3) is 0.571. The Morgan fingerprint density at radius 2 is 2.06 bits per heavy atom. The number of nitrogens with zero attached hydrogens (tertiary/aromatic N) is 1. The van der Waals surface area contributed by atoms with Crippen molar-refractivity contribution in [3.05, 3.63) is 34.9 Å². The van der Waals surface area contributed by atoms with Crippen LogP contribution in [0.4, 0.5) is 0 Å². The van der Waals surface area contributed by atoms with Gasteiger partial charge in [-0.2, -0.15) is 0 Å². The van der Waals surface area contributed by atoms with Crippen LogP contribution in [0.3, 0.4) is 0 Å². The molecular formula is C14H21ClN2O. The molecule has 1 aromatic carbocycles. The summed E-state index contributed by atoms with van der Waals surface area (Å²) >= 11 is 5.93. The lowest BCUT2D eigenvalue weighted by Gasteiger charge is -2.41. The van der Waals surface area contributed by atoms with E-state index in [0.717, 1.165) is 18.2 Å². The predicted octanol–water partition coefficient (Wildman–Crippen LogP) is 2.45. The summed E-state index contributed by atoms with van der Waals surface area (Å²) in [6.45, 7) is 6.59. The summed E-state index contributed by atoms with van der Waals surface area (Å²) in [4.78, 5) is 2.43. The van der Waals surface area contributed by atoms with Crippen LogP contribution in [0.2, 0.25) is 5.02 Å². The van der Waals surface area contributed by atoms with Gasteiger partial charge in [-0.15, -0.1) is 0 Å². The Labute approximate surface area is 114 Å². The summed E-state index contributed by atoms with van der Waals surface area (Å²) in [5.74, 6) is 0. The quantitative estimate of drug-likeness (QED) is 0.915. The van der Waals surface area contributed by atoms with Gasteiger partial charge in [-0.1, -0.05) is 23.7 Å². The molecule has 0 saturated carbocycles. The summed E-state index contributed by atoms with van der Waals surface area (Å²) in [5.41, 5.74) is 7.19. The minimum atomic E-state index is 0.239. The zero-order valence-electron chi connectivity index (χ0n) is 11.0. The molecule has 1 fully saturated rings. The molecular weight excluding hydrogens is 248 g/mol. The maximum absolute atomic E-state index is 5.97. The van der Waals surface area contributed by atoms with Crippen LogP contribution in [0.5, 0.6) is 0 Å². The molecule has 1 heterocycles. The summed E-state index contributed by atoms with van der Waals surface area (Å²) < 4.78 is 5.67. The number of hydrogen-bond donors (Lipinski definition) is 1. The Balaban J connectivity index is 2.19. The topological polar surface area (TPSA) is 38.5 Å². The van der Waals surface area contributed by atoms with Crippen molar-refractivity contribution in [2.75, 3.05) is 19.7 Å². The van der Waals surface area contributed by atoms with Gasteiger partial charge in [0.15, 0.2) is 0 Å². The van der Waals surface area contributed by atoms with Gasteiger partial charge in [-0.05, 0) is 31.5 Å². The Bertz CT molecular complexity index is 382. The molecule has 1 aliphatic heterocycles. The third kappa shape index (κ3) is 3.04. The molecule has 0 spiro atoms. The van der Waals surface area contributed by atoms with Crippen LogP contribution in [-0.2, 0) is 4.74 Å². The number of ether oxygens (including phenoxy) is 1. The van der Waals surface area contributed by atoms with Crippen molar-refractivity contribution in [3.8, 4) is 0 Å². The van der Waals surface area contributed by atoms with Gasteiger partial charge in [-0.25, -0.2) is 0 Å². The van der Waals surface area contributed by atoms with E-state index in [9.17, 15) is 0 Å². The largest absolute Gasteiger partial charge is 0.376 e. The van der Waals surface area contributed by atoms with Crippen LogP contribution in [-0.4, -0.2) is 36.7 Å². The molecule has 18 heavy (non-hydrogen) atoms. The maximum Gasteiger partial charge on any atom is 0.0675 e. The van der Waals surface area contributed by atoms with E-state index in [2.05, 4.69) is 30.9 Å². The molecule has 4 heteroatoms. The van der Waals surface area contributed by atoms with E-state index in [1.54, 1.807) is 0 Å². The summed E-state index contributed by atoms with van der Waals surface area (Å²) in [5, 5.41) is 0.762. The Morgan fingerprint density at radius 3 is 2.67 bits per heavy atom. The van der Waals surface area contributed by atoms with Crippen LogP contribution in [0.25, 0.3) is 0 Å². The highest BCUT2D eigenvalue weighted by Gasteiger charge is 2.29. The number of hydrogen-bond acceptors (Lipinski definition) is 3. The van der Waals surface area contributed by atoms with Gasteiger partial charge in [0.1, 0.15) is 0 Å². The molecule has 0 bridgehead atoms. The van der Waals surface area contributed by atoms with Crippen LogP contribution < -0.4 is 5.73 Å². The smallest absolute Gasteiger partial charge is 0.0675 e. The monoisotopic (exact) mass is 268 g/mol. The molecule has 0 aromatic heterocycles. The highest BCUT2D eigenvalue weighted by atomic mass is 35.5. The standard InChI is InChI=1S/C14H21ClN2O/c1-10-9-18-11(2)8-17(10)14(7-16)12-3-5-13(15)6-4-12/h3-6,10-11,14H,7-9,16H2,1-2H3. The first-order chi connectivity index (χ1) is 8.61. The molecule has 0 aliphatic carbocycles. The molecule has 1 saturated heterocycles. The van der Waals surface area contributed by atoms with Crippen molar-refractivity contribution in [1.29, 1.82) is 0 Å². The maximum atomic E-state index is 5.97. The highest BCUT2D eigenvalue weighted by molar-refractivity contribution is 6.30. The van der Waals surface area contributed by atoms with E-state index in [1.807, 2.05) is 12.1 Å². The van der Waals surface area contributed by atoms with E-state index in [1.165, 1.54) is 5.56 Å². The first-order valence-electron chi connectivity index (χ1n) is 6.44. The lowest BCUT2D eigenvalue weighted by molar-refractivity contribution is -0.0653. The lowest BCUT2D eigenvalue weighted by atomic mass is 10.0. The van der Waals surface area contributed by atoms with Crippen LogP contribution in [0, 0.1) is 0 Å². The van der Waals surface area contributed by atoms with Crippen molar-refractivity contribution < 1.29 is 4.74 Å². The van der Waals surface area contributed by atoms with E-state index < -0.39 is 0 Å². The SMILES string of the molecule is CC1CN(C(CN)c2ccc(Cl)cc2)C(C)CO1. The zero-order chi connectivity index (χ0) is 13.1. The molecule has 2 N–H and O–H groups in total. The molecule has 1 aromatic rings. The average molecular weight is 269 g/mol. The molecule has 1 aliphatic rings. The van der Waals surface area contributed by atoms with Gasteiger partial charge >= 0.3 is 0 Å². The number of rotatable bonds is 3. The Hall–Kier alpha value is -0.610. The zero-order valence-corrected chi connectivity index (χ0v) is 11.7. The third-order valence-electron chi connectivity index (χ3n) is 3.53. The van der Waals surface area contributed by atoms with Crippen molar-refractivity contribution in [2.45, 2.75) is 32.0 Å². The summed E-state index contributed by atoms with van der Waals surface area (Å²) in [7, 11) is 0. The minimum absolute atomic E-state index is 0.239. The van der Waals surface area contributed by atoms with Gasteiger partial charge in [0.2, 0.25) is 0 Å². The predicted molar refractivity (Wildman–Crippen MR) is 74.8 cm³/mol. The van der Waals surface area contributed by atoms with E-state index in [0.29, 0.717) is 12.6 Å². The van der Waals surface area contributed by atoms with E-state index in [-0.39, 0.29) is 12.1 Å². The van der Waals surface area contributed by atoms with Crippen LogP contribution >= 0.6 is 11.6 Å². The van der Waals surface area contributed by atoms with Gasteiger partial charge in [-0.3, -0.25) is 4.90 Å². The second kappa shape index (κ2) is 6.02. The Kier molecular flexibility index (Phi) is 4.62. The Morgan fingerprint density at radius 1 is 1.39 bits per heavy atom. The number of morpholine rings is 1. The molecule has 3 unspecified atom stereocenters. The van der Waals surface area contributed by atoms with Crippen molar-refractivity contribution >= 4 is 11.6 Å². The van der Waals surface area contributed by atoms with E-state index >= 15 is 0 Å². The van der Waals surface area contributed by atoms with Crippen LogP contribution in [0.15, 0.2) is 24.3 Å². The molecule has 2 rings (SSSR count). The van der Waals surface area contributed by atoms with Gasteiger partial charge in [0.25, 0.3) is 0 Å². The molecule has 3 atom stereocenters. The van der Waals surface area contributed by atoms with Crippen molar-refractivity contribution in [3.63, 3.8) is 0 Å². The molecule has 100 valence electrons. The number of benzene rings is 1. The second-order valence-electron chi connectivity index (χ2n) is 4.99. The first-order valence-corrected chi connectivity index (χ1v) is 6.82. The first kappa shape index (κ1) is 13.8. The van der Waals surface area contributed by atoms with Crippen LogP contribution in [0.1, 0.15) is 25.5 Å². The van der Waals surface area contributed by atoms with Crippen molar-refractivity contribution in [2.24, 2.45) is 5.73 Å². The second-order valence-corrected chi connectivity index (χ2v) is 5.43. The summed E-state index contributed by atoms with van der Waals surface area (Å²) in [6, 6.07) is 8.61. The fourth-order valence-corrected chi connectivity index (χ4v) is 2.64. The fourth-order valence-electron chi connectivity index (χ4n) is 2.51. The average Bonchev–Trinajstić information content (AvgIpc) is 2.37. The molecule has 0 radical (unpaired) electrons. The van der Waals surface area contributed by atoms with Gasteiger partial charge < -0.3 is 10.5 Å². The minimum Gasteiger partial charge on any atom is -0.376 e. The number of halogens is 1. The lowest BCUT2D eigenvalue weighted by Crippen LogP contribution is -2.50. The third-order valence-corrected chi connectivity index (χ3v) is 3.79. The van der Waals surface area contributed by atoms with Crippen molar-refractivity contribution in [1.82, 2.24) is 4.90 Å².